The summed E-state index contributed by atoms with van der Waals surface area (Å²) < 4.78 is 39.8. The monoisotopic (exact) mass is 286 g/mol. The first-order chi connectivity index (χ1) is 9.05. The van der Waals surface area contributed by atoms with E-state index >= 15 is 0 Å². The van der Waals surface area contributed by atoms with E-state index < -0.39 is 15.8 Å². The molecule has 0 aromatic heterocycles. The Morgan fingerprint density at radius 1 is 1.47 bits per heavy atom. The van der Waals surface area contributed by atoms with E-state index in [-0.39, 0.29) is 10.9 Å². The molecule has 0 saturated carbocycles. The summed E-state index contributed by atoms with van der Waals surface area (Å²) in [4.78, 5) is 0.0277. The fourth-order valence-corrected chi connectivity index (χ4v) is 4.16. The van der Waals surface area contributed by atoms with Crippen LogP contribution in [0.3, 0.4) is 0 Å². The third-order valence-electron chi connectivity index (χ3n) is 3.39. The lowest BCUT2D eigenvalue weighted by Gasteiger charge is -2.33. The Morgan fingerprint density at radius 2 is 2.26 bits per heavy atom. The van der Waals surface area contributed by atoms with Crippen LogP contribution in [0.1, 0.15) is 19.8 Å². The molecule has 1 aromatic rings. The van der Waals surface area contributed by atoms with Crippen LogP contribution >= 0.6 is 0 Å². The number of nitrogens with zero attached hydrogens (tertiary/aromatic N) is 1. The van der Waals surface area contributed by atoms with E-state index in [1.165, 1.54) is 22.5 Å². The zero-order valence-electron chi connectivity index (χ0n) is 11.0. The highest BCUT2D eigenvalue weighted by Gasteiger charge is 2.31. The predicted molar refractivity (Wildman–Crippen MR) is 71.9 cm³/mol. The van der Waals surface area contributed by atoms with Gasteiger partial charge in [0.1, 0.15) is 5.82 Å². The molecular formula is C13H19FN2O2S. The summed E-state index contributed by atoms with van der Waals surface area (Å²) in [7, 11) is -3.62. The number of piperidine rings is 1. The zero-order valence-corrected chi connectivity index (χ0v) is 11.8. The Morgan fingerprint density at radius 3 is 2.84 bits per heavy atom. The van der Waals surface area contributed by atoms with Gasteiger partial charge in [-0.1, -0.05) is 13.0 Å². The first-order valence-corrected chi connectivity index (χ1v) is 7.98. The molecule has 1 atom stereocenters. The molecule has 1 N–H and O–H groups in total. The maximum atomic E-state index is 13.2. The van der Waals surface area contributed by atoms with Crippen molar-refractivity contribution in [1.82, 2.24) is 9.62 Å². The summed E-state index contributed by atoms with van der Waals surface area (Å²) in [6.07, 6.45) is 1.80. The Kier molecular flexibility index (Phi) is 4.54. The van der Waals surface area contributed by atoms with Gasteiger partial charge in [0.2, 0.25) is 10.0 Å². The Hall–Kier alpha value is -0.980. The maximum absolute atomic E-state index is 13.2. The van der Waals surface area contributed by atoms with Crippen molar-refractivity contribution in [3.05, 3.63) is 30.1 Å². The van der Waals surface area contributed by atoms with Gasteiger partial charge >= 0.3 is 0 Å². The van der Waals surface area contributed by atoms with E-state index in [1.54, 1.807) is 0 Å². The van der Waals surface area contributed by atoms with Crippen molar-refractivity contribution in [2.75, 3.05) is 19.6 Å². The molecule has 1 heterocycles. The topological polar surface area (TPSA) is 49.4 Å². The first-order valence-electron chi connectivity index (χ1n) is 6.54. The van der Waals surface area contributed by atoms with Crippen LogP contribution in [0.2, 0.25) is 0 Å². The highest BCUT2D eigenvalue weighted by Crippen LogP contribution is 2.21. The lowest BCUT2D eigenvalue weighted by molar-refractivity contribution is 0.274. The standard InChI is InChI=1S/C13H19FN2O2S/c1-2-16(12-6-4-8-15-10-12)19(17,18)13-7-3-5-11(14)9-13/h3,5,7,9,12,15H,2,4,6,8,10H2,1H3. The van der Waals surface area contributed by atoms with Crippen molar-refractivity contribution in [2.45, 2.75) is 30.7 Å². The summed E-state index contributed by atoms with van der Waals surface area (Å²) in [6.45, 7) is 3.78. The molecule has 0 aliphatic carbocycles. The Bertz CT molecular complexity index is 527. The van der Waals surface area contributed by atoms with Gasteiger partial charge in [0.15, 0.2) is 0 Å². The summed E-state index contributed by atoms with van der Waals surface area (Å²) in [5, 5.41) is 3.20. The second-order valence-electron chi connectivity index (χ2n) is 4.67. The molecule has 1 aliphatic heterocycles. The van der Waals surface area contributed by atoms with Gasteiger partial charge in [-0.05, 0) is 37.6 Å². The molecule has 1 unspecified atom stereocenters. The third-order valence-corrected chi connectivity index (χ3v) is 5.42. The fourth-order valence-electron chi connectivity index (χ4n) is 2.47. The number of nitrogens with one attached hydrogen (secondary N) is 1. The van der Waals surface area contributed by atoms with E-state index in [4.69, 9.17) is 0 Å². The number of sulfonamides is 1. The van der Waals surface area contributed by atoms with Gasteiger partial charge in [-0.3, -0.25) is 0 Å². The van der Waals surface area contributed by atoms with Gasteiger partial charge in [-0.25, -0.2) is 12.8 Å². The van der Waals surface area contributed by atoms with Crippen molar-refractivity contribution >= 4 is 10.0 Å². The van der Waals surface area contributed by atoms with Crippen LogP contribution in [0.5, 0.6) is 0 Å². The summed E-state index contributed by atoms with van der Waals surface area (Å²) in [5.41, 5.74) is 0. The molecule has 6 heteroatoms. The average molecular weight is 286 g/mol. The molecule has 1 aromatic carbocycles. The summed E-state index contributed by atoms with van der Waals surface area (Å²) in [5.74, 6) is -0.529. The van der Waals surface area contributed by atoms with Crippen LogP contribution in [0.4, 0.5) is 4.39 Å². The smallest absolute Gasteiger partial charge is 0.243 e. The molecule has 0 amide bonds. The van der Waals surface area contributed by atoms with Gasteiger partial charge in [0, 0.05) is 19.1 Å². The molecule has 0 spiro atoms. The second kappa shape index (κ2) is 5.98. The summed E-state index contributed by atoms with van der Waals surface area (Å²) >= 11 is 0. The number of rotatable bonds is 4. The number of benzene rings is 1. The fraction of sp³-hybridized carbons (Fsp3) is 0.538. The van der Waals surface area contributed by atoms with Crippen LogP contribution in [0.25, 0.3) is 0 Å². The van der Waals surface area contributed by atoms with Crippen molar-refractivity contribution < 1.29 is 12.8 Å². The Labute approximate surface area is 113 Å². The number of hydrogen-bond donors (Lipinski definition) is 1. The Balaban J connectivity index is 2.30. The quantitative estimate of drug-likeness (QED) is 0.914. The number of halogens is 1. The molecule has 106 valence electrons. The lowest BCUT2D eigenvalue weighted by atomic mass is 10.1. The highest BCUT2D eigenvalue weighted by molar-refractivity contribution is 7.89. The van der Waals surface area contributed by atoms with Crippen LogP contribution in [-0.2, 0) is 10.0 Å². The molecule has 2 rings (SSSR count). The van der Waals surface area contributed by atoms with Crippen LogP contribution in [0, 0.1) is 5.82 Å². The van der Waals surface area contributed by atoms with Crippen molar-refractivity contribution in [3.8, 4) is 0 Å². The number of likely N-dealkylation sites (N-methyl/N-ethyl adjacent to an activating group) is 1. The molecule has 19 heavy (non-hydrogen) atoms. The van der Waals surface area contributed by atoms with Crippen molar-refractivity contribution in [2.24, 2.45) is 0 Å². The second-order valence-corrected chi connectivity index (χ2v) is 6.56. The minimum Gasteiger partial charge on any atom is -0.315 e. The normalized spacial score (nSPS) is 20.7. The molecule has 0 radical (unpaired) electrons. The third kappa shape index (κ3) is 3.13. The lowest BCUT2D eigenvalue weighted by Crippen LogP contribution is -2.48. The molecule has 1 aliphatic rings. The van der Waals surface area contributed by atoms with E-state index in [9.17, 15) is 12.8 Å². The van der Waals surface area contributed by atoms with E-state index in [0.29, 0.717) is 13.1 Å². The highest BCUT2D eigenvalue weighted by atomic mass is 32.2. The van der Waals surface area contributed by atoms with Crippen molar-refractivity contribution in [3.63, 3.8) is 0 Å². The molecule has 1 saturated heterocycles. The van der Waals surface area contributed by atoms with E-state index in [1.807, 2.05) is 6.92 Å². The van der Waals surface area contributed by atoms with Crippen LogP contribution < -0.4 is 5.32 Å². The minimum absolute atomic E-state index is 0.0277. The molecular weight excluding hydrogens is 267 g/mol. The zero-order chi connectivity index (χ0) is 13.9. The maximum Gasteiger partial charge on any atom is 0.243 e. The van der Waals surface area contributed by atoms with Gasteiger partial charge in [-0.2, -0.15) is 4.31 Å². The average Bonchev–Trinajstić information content (AvgIpc) is 2.40. The number of hydrogen-bond acceptors (Lipinski definition) is 3. The van der Waals surface area contributed by atoms with Gasteiger partial charge in [0.05, 0.1) is 4.90 Å². The van der Waals surface area contributed by atoms with E-state index in [2.05, 4.69) is 5.32 Å². The van der Waals surface area contributed by atoms with Gasteiger partial charge in [-0.15, -0.1) is 0 Å². The summed E-state index contributed by atoms with van der Waals surface area (Å²) in [6, 6.07) is 5.14. The van der Waals surface area contributed by atoms with Gasteiger partial charge < -0.3 is 5.32 Å². The first kappa shape index (κ1) is 14.4. The largest absolute Gasteiger partial charge is 0.315 e. The van der Waals surface area contributed by atoms with Crippen LogP contribution in [0.15, 0.2) is 29.2 Å². The predicted octanol–water partition coefficient (Wildman–Crippen LogP) is 1.59. The van der Waals surface area contributed by atoms with Gasteiger partial charge in [0.25, 0.3) is 0 Å². The molecule has 4 nitrogen and oxygen atoms in total. The van der Waals surface area contributed by atoms with Crippen LogP contribution in [-0.4, -0.2) is 38.4 Å². The SMILES string of the molecule is CCN(C1CCCNC1)S(=O)(=O)c1cccc(F)c1. The van der Waals surface area contributed by atoms with Crippen molar-refractivity contribution in [1.29, 1.82) is 0 Å². The molecule has 0 bridgehead atoms. The van der Waals surface area contributed by atoms with E-state index in [0.717, 1.165) is 25.5 Å². The molecule has 1 fully saturated rings. The minimum atomic E-state index is -3.62.